The number of nitrogens with zero attached hydrogens (tertiary/aromatic N) is 4. The lowest BCUT2D eigenvalue weighted by atomic mass is 10.1. The molecule has 1 aliphatic heterocycles. The van der Waals surface area contributed by atoms with Crippen molar-refractivity contribution in [3.63, 3.8) is 0 Å². The number of piperazine rings is 1. The summed E-state index contributed by atoms with van der Waals surface area (Å²) in [6, 6.07) is 10.0. The van der Waals surface area contributed by atoms with Crippen LogP contribution >= 0.6 is 0 Å². The van der Waals surface area contributed by atoms with Gasteiger partial charge in [0.15, 0.2) is 5.96 Å². The molecule has 1 N–H and O–H groups in total. The Morgan fingerprint density at radius 3 is 2.69 bits per heavy atom. The van der Waals surface area contributed by atoms with Crippen molar-refractivity contribution < 1.29 is 12.9 Å². The maximum Gasteiger partial charge on any atom is 0.220 e. The molecule has 1 aromatic carbocycles. The third-order valence-corrected chi connectivity index (χ3v) is 6.65. The monoisotopic (exact) mass is 419 g/mol. The number of rotatable bonds is 7. The molecule has 1 fully saturated rings. The average molecular weight is 420 g/mol. The summed E-state index contributed by atoms with van der Waals surface area (Å²) in [5, 5.41) is 7.03. The van der Waals surface area contributed by atoms with E-state index in [0.29, 0.717) is 38.4 Å². The second-order valence-electron chi connectivity index (χ2n) is 7.11. The fraction of sp³-hybridized carbons (Fsp3) is 0.500. The molecule has 0 radical (unpaired) electrons. The van der Waals surface area contributed by atoms with Crippen LogP contribution in [-0.2, 0) is 22.2 Å². The van der Waals surface area contributed by atoms with Gasteiger partial charge >= 0.3 is 0 Å². The summed E-state index contributed by atoms with van der Waals surface area (Å²) >= 11 is 0. The van der Waals surface area contributed by atoms with E-state index in [1.807, 2.05) is 6.92 Å². The first kappa shape index (κ1) is 21.3. The highest BCUT2D eigenvalue weighted by molar-refractivity contribution is 7.88. The Kier molecular flexibility index (Phi) is 7.27. The molecule has 0 spiro atoms. The molecule has 158 valence electrons. The Balaban J connectivity index is 1.56. The van der Waals surface area contributed by atoms with Gasteiger partial charge in [-0.1, -0.05) is 35.0 Å². The molecule has 0 amide bonds. The van der Waals surface area contributed by atoms with E-state index in [2.05, 4.69) is 46.6 Å². The van der Waals surface area contributed by atoms with Gasteiger partial charge in [0.25, 0.3) is 0 Å². The first-order valence-electron chi connectivity index (χ1n) is 9.94. The summed E-state index contributed by atoms with van der Waals surface area (Å²) in [6.45, 7) is 7.67. The lowest BCUT2D eigenvalue weighted by Gasteiger charge is -2.35. The number of aryl methyl sites for hydroxylation is 1. The van der Waals surface area contributed by atoms with Crippen LogP contribution < -0.4 is 5.32 Å². The molecule has 0 bridgehead atoms. The number of benzene rings is 1. The van der Waals surface area contributed by atoms with Crippen molar-refractivity contribution in [1.29, 1.82) is 0 Å². The zero-order valence-corrected chi connectivity index (χ0v) is 17.9. The van der Waals surface area contributed by atoms with Crippen LogP contribution in [0.2, 0.25) is 0 Å². The fourth-order valence-electron chi connectivity index (χ4n) is 3.35. The molecule has 1 aliphatic rings. The third kappa shape index (κ3) is 6.04. The SMILES string of the molecule is CCNC(=NCCc1cccc(C)c1)N1CCN(S(=O)(=O)Cc2ccon2)CC1. The average Bonchev–Trinajstić information content (AvgIpc) is 3.20. The molecule has 3 rings (SSSR count). The van der Waals surface area contributed by atoms with Crippen molar-refractivity contribution in [3.05, 3.63) is 53.4 Å². The van der Waals surface area contributed by atoms with Gasteiger partial charge in [-0.15, -0.1) is 0 Å². The summed E-state index contributed by atoms with van der Waals surface area (Å²) in [4.78, 5) is 6.88. The van der Waals surface area contributed by atoms with Gasteiger partial charge in [0.05, 0.1) is 5.69 Å². The topological polar surface area (TPSA) is 91.0 Å². The lowest BCUT2D eigenvalue weighted by molar-refractivity contribution is 0.260. The van der Waals surface area contributed by atoms with Crippen LogP contribution in [0.5, 0.6) is 0 Å². The van der Waals surface area contributed by atoms with Crippen molar-refractivity contribution in [2.75, 3.05) is 39.3 Å². The maximum atomic E-state index is 12.6. The number of nitrogens with one attached hydrogen (secondary N) is 1. The fourth-order valence-corrected chi connectivity index (χ4v) is 4.78. The van der Waals surface area contributed by atoms with Crippen molar-refractivity contribution in [2.24, 2.45) is 4.99 Å². The van der Waals surface area contributed by atoms with E-state index < -0.39 is 10.0 Å². The largest absolute Gasteiger partial charge is 0.364 e. The highest BCUT2D eigenvalue weighted by Gasteiger charge is 2.28. The Morgan fingerprint density at radius 2 is 2.03 bits per heavy atom. The maximum absolute atomic E-state index is 12.6. The predicted molar refractivity (Wildman–Crippen MR) is 113 cm³/mol. The molecule has 2 heterocycles. The first-order chi connectivity index (χ1) is 14.0. The number of guanidine groups is 1. The summed E-state index contributed by atoms with van der Waals surface area (Å²) in [6.07, 6.45) is 2.27. The van der Waals surface area contributed by atoms with Gasteiger partial charge in [-0.05, 0) is 25.8 Å². The second kappa shape index (κ2) is 9.89. The Labute approximate surface area is 172 Å². The standard InChI is InChI=1S/C20H29N5O3S/c1-3-21-20(22-9-7-18-6-4-5-17(2)15-18)24-10-12-25(13-11-24)29(26,27)16-19-8-14-28-23-19/h4-6,8,14-15H,3,7,9-13,16H2,1-2H3,(H,21,22). The Hall–Kier alpha value is -2.39. The minimum absolute atomic E-state index is 0.131. The van der Waals surface area contributed by atoms with Crippen LogP contribution in [0.3, 0.4) is 0 Å². The molecular formula is C20H29N5O3S. The van der Waals surface area contributed by atoms with Crippen molar-refractivity contribution >= 4 is 16.0 Å². The molecule has 0 saturated carbocycles. The summed E-state index contributed by atoms with van der Waals surface area (Å²) in [7, 11) is -3.40. The molecule has 9 heteroatoms. The van der Waals surface area contributed by atoms with Crippen LogP contribution in [0, 0.1) is 6.92 Å². The normalized spacial score (nSPS) is 16.2. The predicted octanol–water partition coefficient (Wildman–Crippen LogP) is 1.64. The quantitative estimate of drug-likeness (QED) is 0.542. The number of hydrogen-bond acceptors (Lipinski definition) is 5. The van der Waals surface area contributed by atoms with Crippen LogP contribution in [0.1, 0.15) is 23.7 Å². The summed E-state index contributed by atoms with van der Waals surface area (Å²) in [5.41, 5.74) is 2.95. The number of aromatic nitrogens is 1. The van der Waals surface area contributed by atoms with Gasteiger partial charge in [-0.3, -0.25) is 4.99 Å². The van der Waals surface area contributed by atoms with Crippen LogP contribution in [-0.4, -0.2) is 68.0 Å². The highest BCUT2D eigenvalue weighted by Crippen LogP contribution is 2.13. The van der Waals surface area contributed by atoms with E-state index in [4.69, 9.17) is 9.52 Å². The van der Waals surface area contributed by atoms with Gasteiger partial charge in [0.2, 0.25) is 10.0 Å². The van der Waals surface area contributed by atoms with Crippen LogP contribution in [0.25, 0.3) is 0 Å². The molecule has 0 unspecified atom stereocenters. The van der Waals surface area contributed by atoms with Gasteiger partial charge < -0.3 is 14.7 Å². The van der Waals surface area contributed by atoms with Crippen LogP contribution in [0.4, 0.5) is 0 Å². The van der Waals surface area contributed by atoms with E-state index in [1.54, 1.807) is 6.07 Å². The van der Waals surface area contributed by atoms with E-state index >= 15 is 0 Å². The van der Waals surface area contributed by atoms with Gasteiger partial charge in [-0.2, -0.15) is 4.31 Å². The van der Waals surface area contributed by atoms with Gasteiger partial charge in [0.1, 0.15) is 12.0 Å². The molecule has 2 aromatic rings. The summed E-state index contributed by atoms with van der Waals surface area (Å²) in [5.74, 6) is 0.711. The second-order valence-corrected chi connectivity index (χ2v) is 9.08. The minimum Gasteiger partial charge on any atom is -0.364 e. The summed E-state index contributed by atoms with van der Waals surface area (Å²) < 4.78 is 31.4. The number of aliphatic imine (C=N–C) groups is 1. The first-order valence-corrected chi connectivity index (χ1v) is 11.5. The zero-order valence-electron chi connectivity index (χ0n) is 17.0. The highest BCUT2D eigenvalue weighted by atomic mass is 32.2. The van der Waals surface area contributed by atoms with E-state index in [0.717, 1.165) is 18.9 Å². The molecule has 0 atom stereocenters. The molecule has 1 saturated heterocycles. The van der Waals surface area contributed by atoms with E-state index in [9.17, 15) is 8.42 Å². The lowest BCUT2D eigenvalue weighted by Crippen LogP contribution is -2.54. The number of hydrogen-bond donors (Lipinski definition) is 1. The molecular weight excluding hydrogens is 390 g/mol. The van der Waals surface area contributed by atoms with Crippen molar-refractivity contribution in [1.82, 2.24) is 19.7 Å². The van der Waals surface area contributed by atoms with Gasteiger partial charge in [-0.25, -0.2) is 8.42 Å². The molecule has 29 heavy (non-hydrogen) atoms. The van der Waals surface area contributed by atoms with Gasteiger partial charge in [0, 0.05) is 45.3 Å². The molecule has 8 nitrogen and oxygen atoms in total. The van der Waals surface area contributed by atoms with E-state index in [1.165, 1.54) is 21.7 Å². The third-order valence-electron chi connectivity index (χ3n) is 4.83. The van der Waals surface area contributed by atoms with E-state index in [-0.39, 0.29) is 5.75 Å². The Morgan fingerprint density at radius 1 is 1.24 bits per heavy atom. The van der Waals surface area contributed by atoms with Crippen molar-refractivity contribution in [2.45, 2.75) is 26.0 Å². The zero-order chi connectivity index (χ0) is 20.7. The minimum atomic E-state index is -3.40. The van der Waals surface area contributed by atoms with Crippen molar-refractivity contribution in [3.8, 4) is 0 Å². The number of sulfonamides is 1. The molecule has 0 aliphatic carbocycles. The van der Waals surface area contributed by atoms with Crippen LogP contribution in [0.15, 0.2) is 46.1 Å². The molecule has 1 aromatic heterocycles. The Bertz CT molecular complexity index is 904. The smallest absolute Gasteiger partial charge is 0.220 e.